The first-order chi connectivity index (χ1) is 12.6. The molecule has 0 fully saturated rings. The molecular formula is C20H30N2O4S. The fraction of sp³-hybridized carbons (Fsp3) is 0.550. The van der Waals surface area contributed by atoms with Gasteiger partial charge in [0, 0.05) is 25.8 Å². The molecule has 6 nitrogen and oxygen atoms in total. The zero-order valence-corrected chi connectivity index (χ0v) is 17.6. The van der Waals surface area contributed by atoms with E-state index in [2.05, 4.69) is 5.32 Å². The molecule has 0 saturated heterocycles. The zero-order valence-electron chi connectivity index (χ0n) is 16.8. The SMILES string of the molecule is CC(=O)SCCN(CCc1ccccc1)C(=O)N[C@H](C)C(=O)OC(C)(C)C. The monoisotopic (exact) mass is 394 g/mol. The van der Waals surface area contributed by atoms with Crippen LogP contribution in [0.15, 0.2) is 30.3 Å². The summed E-state index contributed by atoms with van der Waals surface area (Å²) in [5, 5.41) is 2.71. The quantitative estimate of drug-likeness (QED) is 0.685. The van der Waals surface area contributed by atoms with Crippen molar-refractivity contribution in [1.82, 2.24) is 10.2 Å². The number of nitrogens with zero attached hydrogens (tertiary/aromatic N) is 1. The highest BCUT2D eigenvalue weighted by atomic mass is 32.2. The fourth-order valence-corrected chi connectivity index (χ4v) is 2.85. The van der Waals surface area contributed by atoms with Gasteiger partial charge in [-0.25, -0.2) is 9.59 Å². The van der Waals surface area contributed by atoms with Crippen molar-refractivity contribution in [1.29, 1.82) is 0 Å². The molecule has 1 N–H and O–H groups in total. The van der Waals surface area contributed by atoms with E-state index in [1.165, 1.54) is 18.7 Å². The molecule has 7 heteroatoms. The van der Waals surface area contributed by atoms with Crippen LogP contribution < -0.4 is 5.32 Å². The second kappa shape index (κ2) is 11.0. The molecule has 1 aromatic carbocycles. The fourth-order valence-electron chi connectivity index (χ4n) is 2.25. The molecule has 0 spiro atoms. The van der Waals surface area contributed by atoms with Crippen molar-refractivity contribution in [3.63, 3.8) is 0 Å². The third-order valence-electron chi connectivity index (χ3n) is 3.57. The summed E-state index contributed by atoms with van der Waals surface area (Å²) < 4.78 is 5.30. The van der Waals surface area contributed by atoms with Crippen molar-refractivity contribution < 1.29 is 19.1 Å². The van der Waals surface area contributed by atoms with Gasteiger partial charge in [0.05, 0.1) is 0 Å². The van der Waals surface area contributed by atoms with Crippen LogP contribution in [0.3, 0.4) is 0 Å². The maximum absolute atomic E-state index is 12.6. The molecule has 1 atom stereocenters. The van der Waals surface area contributed by atoms with Gasteiger partial charge < -0.3 is 15.0 Å². The number of ether oxygens (including phenoxy) is 1. The Bertz CT molecular complexity index is 629. The minimum Gasteiger partial charge on any atom is -0.458 e. The first-order valence-corrected chi connectivity index (χ1v) is 10.0. The normalized spacial score (nSPS) is 12.2. The van der Waals surface area contributed by atoms with Crippen LogP contribution in [0.25, 0.3) is 0 Å². The van der Waals surface area contributed by atoms with Crippen molar-refractivity contribution in [2.24, 2.45) is 0 Å². The topological polar surface area (TPSA) is 75.7 Å². The van der Waals surface area contributed by atoms with E-state index in [-0.39, 0.29) is 11.1 Å². The van der Waals surface area contributed by atoms with Crippen LogP contribution in [0.2, 0.25) is 0 Å². The maximum atomic E-state index is 12.6. The van der Waals surface area contributed by atoms with Gasteiger partial charge in [0.25, 0.3) is 0 Å². The number of amides is 2. The van der Waals surface area contributed by atoms with Gasteiger partial charge in [-0.1, -0.05) is 42.1 Å². The number of carbonyl (C=O) groups excluding carboxylic acids is 3. The summed E-state index contributed by atoms with van der Waals surface area (Å²) in [5.41, 5.74) is 0.510. The average molecular weight is 395 g/mol. The van der Waals surface area contributed by atoms with Crippen LogP contribution in [-0.2, 0) is 20.7 Å². The molecule has 0 saturated carbocycles. The Kier molecular flexibility index (Phi) is 9.35. The molecule has 2 amide bonds. The maximum Gasteiger partial charge on any atom is 0.328 e. The van der Waals surface area contributed by atoms with Gasteiger partial charge in [-0.2, -0.15) is 0 Å². The van der Waals surface area contributed by atoms with E-state index in [9.17, 15) is 14.4 Å². The van der Waals surface area contributed by atoms with Crippen LogP contribution >= 0.6 is 11.8 Å². The first-order valence-electron chi connectivity index (χ1n) is 9.04. The number of carbonyl (C=O) groups is 3. The molecule has 0 aliphatic rings. The number of esters is 1. The second-order valence-corrected chi connectivity index (χ2v) is 8.54. The van der Waals surface area contributed by atoms with Crippen LogP contribution in [0.1, 0.15) is 40.2 Å². The third kappa shape index (κ3) is 10.0. The lowest BCUT2D eigenvalue weighted by Gasteiger charge is -2.26. The Morgan fingerprint density at radius 1 is 1.15 bits per heavy atom. The van der Waals surface area contributed by atoms with E-state index in [0.717, 1.165) is 5.56 Å². The lowest BCUT2D eigenvalue weighted by molar-refractivity contribution is -0.156. The molecular weight excluding hydrogens is 364 g/mol. The number of urea groups is 1. The molecule has 0 radical (unpaired) electrons. The highest BCUT2D eigenvalue weighted by molar-refractivity contribution is 8.13. The smallest absolute Gasteiger partial charge is 0.328 e. The zero-order chi connectivity index (χ0) is 20.4. The molecule has 1 rings (SSSR count). The van der Waals surface area contributed by atoms with Gasteiger partial charge in [0.2, 0.25) is 0 Å². The molecule has 150 valence electrons. The van der Waals surface area contributed by atoms with Crippen molar-refractivity contribution in [3.8, 4) is 0 Å². The molecule has 0 heterocycles. The van der Waals surface area contributed by atoms with Crippen LogP contribution in [0, 0.1) is 0 Å². The number of thioether (sulfide) groups is 1. The first kappa shape index (κ1) is 23.0. The van der Waals surface area contributed by atoms with Crippen molar-refractivity contribution >= 4 is 28.9 Å². The van der Waals surface area contributed by atoms with E-state index >= 15 is 0 Å². The molecule has 27 heavy (non-hydrogen) atoms. The van der Waals surface area contributed by atoms with Crippen LogP contribution in [0.5, 0.6) is 0 Å². The summed E-state index contributed by atoms with van der Waals surface area (Å²) in [6, 6.07) is 8.77. The molecule has 0 aromatic heterocycles. The number of benzene rings is 1. The largest absolute Gasteiger partial charge is 0.458 e. The summed E-state index contributed by atoms with van der Waals surface area (Å²) in [6.45, 7) is 9.37. The Hall–Kier alpha value is -2.02. The van der Waals surface area contributed by atoms with Gasteiger partial charge in [-0.15, -0.1) is 0 Å². The van der Waals surface area contributed by atoms with Gasteiger partial charge >= 0.3 is 12.0 Å². The van der Waals surface area contributed by atoms with Crippen LogP contribution in [-0.4, -0.2) is 52.5 Å². The van der Waals surface area contributed by atoms with Crippen molar-refractivity contribution in [2.75, 3.05) is 18.8 Å². The number of hydrogen-bond acceptors (Lipinski definition) is 5. The summed E-state index contributed by atoms with van der Waals surface area (Å²) in [4.78, 5) is 37.5. The molecule has 1 aromatic rings. The standard InChI is InChI=1S/C20H30N2O4S/c1-15(18(24)26-20(3,4)5)21-19(25)22(13-14-27-16(2)23)12-11-17-9-7-6-8-10-17/h6-10,15H,11-14H2,1-5H3,(H,21,25)/t15-/m1/s1. The lowest BCUT2D eigenvalue weighted by Crippen LogP contribution is -2.49. The number of nitrogens with one attached hydrogen (secondary N) is 1. The Balaban J connectivity index is 2.67. The van der Waals surface area contributed by atoms with Crippen molar-refractivity contribution in [3.05, 3.63) is 35.9 Å². The van der Waals surface area contributed by atoms with E-state index in [4.69, 9.17) is 4.74 Å². The van der Waals surface area contributed by atoms with E-state index < -0.39 is 17.6 Å². The molecule has 0 bridgehead atoms. The summed E-state index contributed by atoms with van der Waals surface area (Å²) in [7, 11) is 0. The number of hydrogen-bond donors (Lipinski definition) is 1. The van der Waals surface area contributed by atoms with E-state index in [0.29, 0.717) is 25.3 Å². The lowest BCUT2D eigenvalue weighted by atomic mass is 10.1. The highest BCUT2D eigenvalue weighted by Crippen LogP contribution is 2.09. The van der Waals surface area contributed by atoms with Crippen LogP contribution in [0.4, 0.5) is 4.79 Å². The van der Waals surface area contributed by atoms with E-state index in [1.54, 1.807) is 32.6 Å². The van der Waals surface area contributed by atoms with Gasteiger partial charge in [-0.05, 0) is 39.7 Å². The Morgan fingerprint density at radius 2 is 1.78 bits per heavy atom. The third-order valence-corrected chi connectivity index (χ3v) is 4.36. The summed E-state index contributed by atoms with van der Waals surface area (Å²) in [6.07, 6.45) is 0.694. The summed E-state index contributed by atoms with van der Waals surface area (Å²) >= 11 is 1.18. The molecule has 0 aliphatic heterocycles. The van der Waals surface area contributed by atoms with Gasteiger partial charge in [0.1, 0.15) is 11.6 Å². The van der Waals surface area contributed by atoms with Gasteiger partial charge in [0.15, 0.2) is 5.12 Å². The Morgan fingerprint density at radius 3 is 2.33 bits per heavy atom. The Labute approximate surface area is 166 Å². The van der Waals surface area contributed by atoms with E-state index in [1.807, 2.05) is 30.3 Å². The summed E-state index contributed by atoms with van der Waals surface area (Å²) in [5.74, 6) is 0.0372. The number of rotatable bonds is 8. The average Bonchev–Trinajstić information content (AvgIpc) is 2.56. The second-order valence-electron chi connectivity index (χ2n) is 7.27. The highest BCUT2D eigenvalue weighted by Gasteiger charge is 2.24. The molecule has 0 aliphatic carbocycles. The molecule has 0 unspecified atom stereocenters. The predicted octanol–water partition coefficient (Wildman–Crippen LogP) is 3.25. The minimum atomic E-state index is -0.753. The minimum absolute atomic E-state index is 0.0144. The predicted molar refractivity (Wildman–Crippen MR) is 109 cm³/mol. The van der Waals surface area contributed by atoms with Crippen molar-refractivity contribution in [2.45, 2.75) is 52.7 Å². The van der Waals surface area contributed by atoms with Gasteiger partial charge in [-0.3, -0.25) is 4.79 Å².